The van der Waals surface area contributed by atoms with Crippen LogP contribution >= 0.6 is 0 Å². The number of halogens is 2. The summed E-state index contributed by atoms with van der Waals surface area (Å²) in [7, 11) is 0.198. The number of aliphatic imine (C=N–C) groups is 1. The van der Waals surface area contributed by atoms with Gasteiger partial charge in [-0.15, -0.1) is 0 Å². The minimum Gasteiger partial charge on any atom is -0.435 e. The molecule has 0 aliphatic carbocycles. The summed E-state index contributed by atoms with van der Waals surface area (Å²) in [4.78, 5) is 5.95. The molecular formula is C17H27F2N3O3S. The maximum atomic E-state index is 12.2. The first-order valence-corrected chi connectivity index (χ1v) is 9.79. The van der Waals surface area contributed by atoms with E-state index in [-0.39, 0.29) is 18.0 Å². The molecule has 1 aromatic carbocycles. The lowest BCUT2D eigenvalue weighted by atomic mass is 10.2. The maximum absolute atomic E-state index is 12.2. The highest BCUT2D eigenvalue weighted by Gasteiger charge is 2.28. The van der Waals surface area contributed by atoms with Gasteiger partial charge in [0, 0.05) is 27.2 Å². The van der Waals surface area contributed by atoms with Crippen LogP contribution in [0, 0.1) is 0 Å². The molecule has 1 N–H and O–H groups in total. The average Bonchev–Trinajstić information content (AvgIpc) is 2.51. The van der Waals surface area contributed by atoms with Crippen molar-refractivity contribution in [2.75, 3.05) is 26.4 Å². The van der Waals surface area contributed by atoms with Crippen LogP contribution in [0.3, 0.4) is 0 Å². The fourth-order valence-corrected chi connectivity index (χ4v) is 3.10. The minimum atomic E-state index is -3.21. The van der Waals surface area contributed by atoms with Crippen molar-refractivity contribution < 1.29 is 21.9 Å². The summed E-state index contributed by atoms with van der Waals surface area (Å²) < 4.78 is 52.1. The van der Waals surface area contributed by atoms with Gasteiger partial charge in [0.15, 0.2) is 15.8 Å². The van der Waals surface area contributed by atoms with Gasteiger partial charge in [-0.05, 0) is 38.5 Å². The smallest absolute Gasteiger partial charge is 0.387 e. The quantitative estimate of drug-likeness (QED) is 0.571. The van der Waals surface area contributed by atoms with Crippen molar-refractivity contribution in [3.63, 3.8) is 0 Å². The molecule has 0 radical (unpaired) electrons. The lowest BCUT2D eigenvalue weighted by Crippen LogP contribution is -2.42. The Bertz CT molecular complexity index is 699. The molecular weight excluding hydrogens is 364 g/mol. The van der Waals surface area contributed by atoms with Gasteiger partial charge in [-0.3, -0.25) is 4.99 Å². The SMILES string of the molecule is CN=C(NCCS(=O)(=O)C(C)(C)C)N(C)Cc1ccc(OC(F)F)cc1. The van der Waals surface area contributed by atoms with Gasteiger partial charge in [0.25, 0.3) is 0 Å². The molecule has 0 spiro atoms. The molecule has 0 heterocycles. The molecule has 0 aromatic heterocycles. The summed E-state index contributed by atoms with van der Waals surface area (Å²) in [6, 6.07) is 6.32. The zero-order valence-corrected chi connectivity index (χ0v) is 16.6. The summed E-state index contributed by atoms with van der Waals surface area (Å²) >= 11 is 0. The third-order valence-corrected chi connectivity index (χ3v) is 6.34. The Balaban J connectivity index is 2.60. The number of hydrogen-bond acceptors (Lipinski definition) is 4. The Morgan fingerprint density at radius 3 is 2.31 bits per heavy atom. The third-order valence-electron chi connectivity index (χ3n) is 3.73. The fraction of sp³-hybridized carbons (Fsp3) is 0.588. The minimum absolute atomic E-state index is 0.00300. The number of alkyl halides is 2. The number of rotatable bonds is 7. The number of sulfone groups is 1. The van der Waals surface area contributed by atoms with E-state index in [4.69, 9.17) is 0 Å². The summed E-state index contributed by atoms with van der Waals surface area (Å²) in [5.74, 6) is 0.645. The zero-order valence-electron chi connectivity index (χ0n) is 15.8. The summed E-state index contributed by atoms with van der Waals surface area (Å²) in [5.41, 5.74) is 0.874. The first-order valence-electron chi connectivity index (χ1n) is 8.14. The van der Waals surface area contributed by atoms with Gasteiger partial charge in [-0.1, -0.05) is 12.1 Å². The number of nitrogens with zero attached hydrogens (tertiary/aromatic N) is 2. The molecule has 0 unspecified atom stereocenters. The van der Waals surface area contributed by atoms with Crippen LogP contribution in [0.4, 0.5) is 8.78 Å². The van der Waals surface area contributed by atoms with Crippen LogP contribution in [0.15, 0.2) is 29.3 Å². The van der Waals surface area contributed by atoms with Gasteiger partial charge in [0.05, 0.1) is 10.5 Å². The van der Waals surface area contributed by atoms with Crippen molar-refractivity contribution in [3.05, 3.63) is 29.8 Å². The first kappa shape index (κ1) is 22.1. The van der Waals surface area contributed by atoms with Crippen LogP contribution in [-0.4, -0.2) is 57.0 Å². The van der Waals surface area contributed by atoms with Gasteiger partial charge >= 0.3 is 6.61 Å². The molecule has 0 aliphatic rings. The Kier molecular flexibility index (Phi) is 7.80. The number of guanidine groups is 1. The van der Waals surface area contributed by atoms with Gasteiger partial charge in [-0.25, -0.2) is 8.42 Å². The number of ether oxygens (including phenoxy) is 1. The molecule has 26 heavy (non-hydrogen) atoms. The average molecular weight is 391 g/mol. The highest BCUT2D eigenvalue weighted by Crippen LogP contribution is 2.16. The molecule has 148 valence electrons. The molecule has 0 amide bonds. The van der Waals surface area contributed by atoms with Crippen molar-refractivity contribution in [2.24, 2.45) is 4.99 Å². The molecule has 0 saturated heterocycles. The van der Waals surface area contributed by atoms with Gasteiger partial charge in [0.2, 0.25) is 0 Å². The fourth-order valence-electron chi connectivity index (χ4n) is 2.11. The van der Waals surface area contributed by atoms with Crippen LogP contribution in [-0.2, 0) is 16.4 Å². The van der Waals surface area contributed by atoms with Crippen LogP contribution in [0.25, 0.3) is 0 Å². The highest BCUT2D eigenvalue weighted by atomic mass is 32.2. The summed E-state index contributed by atoms with van der Waals surface area (Å²) in [6.45, 7) is 2.88. The van der Waals surface area contributed by atoms with Crippen molar-refractivity contribution in [2.45, 2.75) is 38.7 Å². The van der Waals surface area contributed by atoms with Gasteiger partial charge in [-0.2, -0.15) is 8.78 Å². The van der Waals surface area contributed by atoms with Crippen molar-refractivity contribution in [1.82, 2.24) is 10.2 Å². The zero-order chi connectivity index (χ0) is 20.0. The van der Waals surface area contributed by atoms with E-state index in [2.05, 4.69) is 15.0 Å². The third kappa shape index (κ3) is 6.78. The van der Waals surface area contributed by atoms with E-state index < -0.39 is 21.2 Å². The largest absolute Gasteiger partial charge is 0.435 e. The van der Waals surface area contributed by atoms with E-state index in [9.17, 15) is 17.2 Å². The van der Waals surface area contributed by atoms with Gasteiger partial charge < -0.3 is 15.0 Å². The molecule has 1 aromatic rings. The van der Waals surface area contributed by atoms with Crippen LogP contribution in [0.2, 0.25) is 0 Å². The van der Waals surface area contributed by atoms with E-state index in [0.717, 1.165) is 5.56 Å². The van der Waals surface area contributed by atoms with E-state index in [1.165, 1.54) is 12.1 Å². The number of nitrogens with one attached hydrogen (secondary N) is 1. The van der Waals surface area contributed by atoms with E-state index in [1.807, 2.05) is 4.90 Å². The van der Waals surface area contributed by atoms with Crippen LogP contribution < -0.4 is 10.1 Å². The predicted molar refractivity (Wildman–Crippen MR) is 99.4 cm³/mol. The Labute approximate surface area is 154 Å². The van der Waals surface area contributed by atoms with Crippen molar-refractivity contribution in [3.8, 4) is 5.75 Å². The first-order chi connectivity index (χ1) is 12.0. The van der Waals surface area contributed by atoms with Crippen LogP contribution in [0.5, 0.6) is 5.75 Å². The Morgan fingerprint density at radius 1 is 1.27 bits per heavy atom. The molecule has 0 bridgehead atoms. The predicted octanol–water partition coefficient (Wildman–Crippen LogP) is 2.51. The second-order valence-corrected chi connectivity index (χ2v) is 9.65. The van der Waals surface area contributed by atoms with E-state index >= 15 is 0 Å². The second kappa shape index (κ2) is 9.16. The standard InChI is InChI=1S/C17H27F2N3O3S/c1-17(2,3)26(23,24)11-10-21-16(20-4)22(5)12-13-6-8-14(9-7-13)25-15(18)19/h6-9,15H,10-12H2,1-5H3,(H,20,21). The molecule has 0 saturated carbocycles. The number of hydrogen-bond donors (Lipinski definition) is 1. The van der Waals surface area contributed by atoms with E-state index in [1.54, 1.807) is 47.0 Å². The highest BCUT2D eigenvalue weighted by molar-refractivity contribution is 7.92. The molecule has 1 rings (SSSR count). The summed E-state index contributed by atoms with van der Waals surface area (Å²) in [5, 5.41) is 3.03. The molecule has 0 aliphatic heterocycles. The summed E-state index contributed by atoms with van der Waals surface area (Å²) in [6.07, 6.45) is 0. The Morgan fingerprint density at radius 2 is 1.85 bits per heavy atom. The maximum Gasteiger partial charge on any atom is 0.387 e. The van der Waals surface area contributed by atoms with Crippen molar-refractivity contribution >= 4 is 15.8 Å². The molecule has 0 fully saturated rings. The normalized spacial score (nSPS) is 13.0. The van der Waals surface area contributed by atoms with Crippen molar-refractivity contribution in [1.29, 1.82) is 0 Å². The Hall–Kier alpha value is -1.90. The molecule has 9 heteroatoms. The van der Waals surface area contributed by atoms with E-state index in [0.29, 0.717) is 12.5 Å². The van der Waals surface area contributed by atoms with Gasteiger partial charge in [0.1, 0.15) is 5.75 Å². The molecule has 0 atom stereocenters. The number of benzene rings is 1. The second-order valence-electron chi connectivity index (χ2n) is 6.78. The van der Waals surface area contributed by atoms with Crippen LogP contribution in [0.1, 0.15) is 26.3 Å². The monoisotopic (exact) mass is 391 g/mol. The molecule has 6 nitrogen and oxygen atoms in total. The lowest BCUT2D eigenvalue weighted by Gasteiger charge is -2.24. The topological polar surface area (TPSA) is 71.0 Å². The lowest BCUT2D eigenvalue weighted by molar-refractivity contribution is -0.0498.